The van der Waals surface area contributed by atoms with Gasteiger partial charge in [0.1, 0.15) is 0 Å². The molecule has 4 heterocycles. The highest BCUT2D eigenvalue weighted by Gasteiger charge is 2.37. The highest BCUT2D eigenvalue weighted by Crippen LogP contribution is 2.35. The number of thiophene rings is 1. The van der Waals surface area contributed by atoms with Gasteiger partial charge in [-0.25, -0.2) is 23.2 Å². The molecule has 1 unspecified atom stereocenters. The average Bonchev–Trinajstić information content (AvgIpc) is 3.54. The van der Waals surface area contributed by atoms with Gasteiger partial charge in [0.05, 0.1) is 25.1 Å². The third-order valence-corrected chi connectivity index (χ3v) is 8.77. The number of rotatable bonds is 7. The molecule has 178 valence electrons. The van der Waals surface area contributed by atoms with Crippen LogP contribution >= 0.6 is 11.3 Å². The van der Waals surface area contributed by atoms with Gasteiger partial charge in [-0.2, -0.15) is 15.6 Å². The molecule has 0 N–H and O–H groups in total. The van der Waals surface area contributed by atoms with Gasteiger partial charge in [-0.15, -0.1) is 0 Å². The normalized spacial score (nSPS) is 15.7. The summed E-state index contributed by atoms with van der Waals surface area (Å²) >= 11 is 1.54. The summed E-state index contributed by atoms with van der Waals surface area (Å²) in [6, 6.07) is 12.2. The first-order valence-corrected chi connectivity index (χ1v) is 13.5. The zero-order chi connectivity index (χ0) is 24.4. The Labute approximate surface area is 209 Å². The highest BCUT2D eigenvalue weighted by atomic mass is 32.2. The fraction of sp³-hybridized carbons (Fsp3) is 0.240. The van der Waals surface area contributed by atoms with Crippen molar-refractivity contribution in [1.82, 2.24) is 18.8 Å². The van der Waals surface area contributed by atoms with Crippen LogP contribution in [0.1, 0.15) is 16.8 Å². The van der Waals surface area contributed by atoms with E-state index in [-0.39, 0.29) is 17.6 Å². The van der Waals surface area contributed by atoms with Crippen LogP contribution in [0.15, 0.2) is 77.0 Å². The van der Waals surface area contributed by atoms with E-state index in [0.717, 1.165) is 22.5 Å². The van der Waals surface area contributed by atoms with Gasteiger partial charge in [-0.3, -0.25) is 0 Å². The molecule has 1 aliphatic heterocycles. The van der Waals surface area contributed by atoms with E-state index in [9.17, 15) is 8.42 Å². The minimum Gasteiger partial charge on any atom is -0.364 e. The van der Waals surface area contributed by atoms with Crippen LogP contribution in [0.25, 0.3) is 4.85 Å². The maximum Gasteiger partial charge on any atom is 0.261 e. The Morgan fingerprint density at radius 3 is 2.83 bits per heavy atom. The molecule has 10 heteroatoms. The highest BCUT2D eigenvalue weighted by molar-refractivity contribution is 7.89. The molecule has 1 aromatic carbocycles. The molecule has 3 aromatic heterocycles. The first-order chi connectivity index (χ1) is 17.0. The van der Waals surface area contributed by atoms with E-state index in [0.29, 0.717) is 25.2 Å². The van der Waals surface area contributed by atoms with Gasteiger partial charge in [0, 0.05) is 44.3 Å². The number of pyridine rings is 1. The molecule has 5 rings (SSSR count). The fourth-order valence-corrected chi connectivity index (χ4v) is 6.65. The standard InChI is InChI=1S/C25H24N6O2S2/c1-26-21-6-7-24-20(11-21)12-22(15-30(24)16-23-13-27-18-29(23)2)31(14-19-8-10-34-17-19)35(32,33)25-5-3-4-9-28-25/h3-11,13,17-18,22H,12,14-16H2,2H3. The smallest absolute Gasteiger partial charge is 0.261 e. The van der Waals surface area contributed by atoms with Crippen LogP contribution in [0, 0.1) is 6.57 Å². The van der Waals surface area contributed by atoms with Crippen molar-refractivity contribution in [3.8, 4) is 0 Å². The zero-order valence-electron chi connectivity index (χ0n) is 19.2. The maximum absolute atomic E-state index is 13.9. The Bertz CT molecular complexity index is 1460. The van der Waals surface area contributed by atoms with Gasteiger partial charge in [0.2, 0.25) is 0 Å². The van der Waals surface area contributed by atoms with Gasteiger partial charge in [0.25, 0.3) is 10.0 Å². The fourth-order valence-electron chi connectivity index (χ4n) is 4.45. The van der Waals surface area contributed by atoms with Crippen molar-refractivity contribution in [3.05, 3.63) is 100 Å². The summed E-state index contributed by atoms with van der Waals surface area (Å²) in [7, 11) is -1.92. The zero-order valence-corrected chi connectivity index (χ0v) is 20.8. The molecule has 35 heavy (non-hydrogen) atoms. The molecule has 0 saturated heterocycles. The van der Waals surface area contributed by atoms with Crippen molar-refractivity contribution in [3.63, 3.8) is 0 Å². The molecule has 4 aromatic rings. The van der Waals surface area contributed by atoms with E-state index in [1.165, 1.54) is 12.3 Å². The number of nitrogens with zero attached hydrogens (tertiary/aromatic N) is 6. The second-order valence-corrected chi connectivity index (χ2v) is 11.1. The van der Waals surface area contributed by atoms with Crippen molar-refractivity contribution in [2.24, 2.45) is 7.05 Å². The van der Waals surface area contributed by atoms with Gasteiger partial charge in [-0.05, 0) is 52.6 Å². The number of sulfonamides is 1. The molecule has 0 amide bonds. The van der Waals surface area contributed by atoms with Crippen LogP contribution < -0.4 is 4.90 Å². The van der Waals surface area contributed by atoms with E-state index in [1.54, 1.807) is 34.1 Å². The number of aryl methyl sites for hydroxylation is 1. The van der Waals surface area contributed by atoms with Crippen LogP contribution in [0.2, 0.25) is 0 Å². The van der Waals surface area contributed by atoms with Crippen LogP contribution in [0.5, 0.6) is 0 Å². The van der Waals surface area contributed by atoms with Crippen molar-refractivity contribution >= 4 is 32.7 Å². The van der Waals surface area contributed by atoms with E-state index in [2.05, 4.69) is 19.7 Å². The average molecular weight is 505 g/mol. The Balaban J connectivity index is 1.57. The topological polar surface area (TPSA) is 75.7 Å². The third kappa shape index (κ3) is 4.71. The van der Waals surface area contributed by atoms with Crippen molar-refractivity contribution in [2.75, 3.05) is 11.4 Å². The SMILES string of the molecule is [C-]#[N+]c1ccc2c(c1)CC(N(Cc1ccsc1)S(=O)(=O)c1ccccn1)CN2Cc1cncn1C. The number of fused-ring (bicyclic) bond motifs is 1. The van der Waals surface area contributed by atoms with Crippen molar-refractivity contribution in [1.29, 1.82) is 0 Å². The van der Waals surface area contributed by atoms with Crippen LogP contribution in [0.4, 0.5) is 11.4 Å². The monoisotopic (exact) mass is 504 g/mol. The van der Waals surface area contributed by atoms with E-state index < -0.39 is 10.0 Å². The number of aromatic nitrogens is 3. The summed E-state index contributed by atoms with van der Waals surface area (Å²) in [6.45, 7) is 8.80. The van der Waals surface area contributed by atoms with E-state index in [4.69, 9.17) is 6.57 Å². The Kier molecular flexibility index (Phi) is 6.38. The van der Waals surface area contributed by atoms with Gasteiger partial charge in [-0.1, -0.05) is 18.2 Å². The summed E-state index contributed by atoms with van der Waals surface area (Å²) in [4.78, 5) is 14.2. The summed E-state index contributed by atoms with van der Waals surface area (Å²) < 4.78 is 31.2. The van der Waals surface area contributed by atoms with E-state index >= 15 is 0 Å². The van der Waals surface area contributed by atoms with Crippen molar-refractivity contribution < 1.29 is 8.42 Å². The molecular weight excluding hydrogens is 480 g/mol. The van der Waals surface area contributed by atoms with Crippen LogP contribution in [-0.2, 0) is 36.6 Å². The predicted molar refractivity (Wildman–Crippen MR) is 136 cm³/mol. The number of benzene rings is 1. The summed E-state index contributed by atoms with van der Waals surface area (Å²) in [5.41, 5.74) is 4.47. The Hall–Kier alpha value is -3.52. The number of anilines is 1. The molecule has 1 atom stereocenters. The predicted octanol–water partition coefficient (Wildman–Crippen LogP) is 4.25. The number of hydrogen-bond donors (Lipinski definition) is 0. The molecule has 0 aliphatic carbocycles. The van der Waals surface area contributed by atoms with Gasteiger partial charge in [0.15, 0.2) is 10.7 Å². The largest absolute Gasteiger partial charge is 0.364 e. The van der Waals surface area contributed by atoms with Crippen LogP contribution in [-0.4, -0.2) is 39.8 Å². The lowest BCUT2D eigenvalue weighted by Crippen LogP contribution is -2.50. The lowest BCUT2D eigenvalue weighted by Gasteiger charge is -2.40. The minimum atomic E-state index is -3.87. The Morgan fingerprint density at radius 1 is 1.26 bits per heavy atom. The summed E-state index contributed by atoms with van der Waals surface area (Å²) in [5.74, 6) is 0. The lowest BCUT2D eigenvalue weighted by molar-refractivity contribution is 0.302. The first kappa shape index (κ1) is 23.2. The lowest BCUT2D eigenvalue weighted by atomic mass is 9.96. The molecule has 0 fully saturated rings. The second kappa shape index (κ2) is 9.62. The second-order valence-electron chi connectivity index (χ2n) is 8.51. The van der Waals surface area contributed by atoms with Gasteiger partial charge >= 0.3 is 0 Å². The maximum atomic E-state index is 13.9. The molecular formula is C25H24N6O2S2. The molecule has 8 nitrogen and oxygen atoms in total. The summed E-state index contributed by atoms with van der Waals surface area (Å²) in [5, 5.41) is 3.96. The minimum absolute atomic E-state index is 0.0362. The quantitative estimate of drug-likeness (QED) is 0.352. The third-order valence-electron chi connectivity index (χ3n) is 6.23. The first-order valence-electron chi connectivity index (χ1n) is 11.1. The molecule has 1 aliphatic rings. The number of imidazole rings is 1. The van der Waals surface area contributed by atoms with Gasteiger partial charge < -0.3 is 9.47 Å². The Morgan fingerprint density at radius 2 is 2.14 bits per heavy atom. The molecule has 0 bridgehead atoms. The number of hydrogen-bond acceptors (Lipinski definition) is 6. The molecule has 0 spiro atoms. The van der Waals surface area contributed by atoms with Crippen LogP contribution in [0.3, 0.4) is 0 Å². The van der Waals surface area contributed by atoms with Crippen molar-refractivity contribution in [2.45, 2.75) is 30.6 Å². The molecule has 0 saturated carbocycles. The summed E-state index contributed by atoms with van der Waals surface area (Å²) in [6.07, 6.45) is 5.60. The molecule has 0 radical (unpaired) electrons. The van der Waals surface area contributed by atoms with E-state index in [1.807, 2.05) is 52.8 Å².